The minimum Gasteiger partial charge on any atom is -0.314 e. The third-order valence-electron chi connectivity index (χ3n) is 3.71. The van der Waals surface area contributed by atoms with Gasteiger partial charge in [-0.2, -0.15) is 0 Å². The van der Waals surface area contributed by atoms with Crippen molar-refractivity contribution >= 4 is 0 Å². The van der Waals surface area contributed by atoms with Crippen LogP contribution < -0.4 is 5.32 Å². The molecule has 0 spiro atoms. The molecule has 0 saturated heterocycles. The molecule has 0 bridgehead atoms. The van der Waals surface area contributed by atoms with Crippen LogP contribution in [0.5, 0.6) is 0 Å². The quantitative estimate of drug-likeness (QED) is 0.671. The highest BCUT2D eigenvalue weighted by molar-refractivity contribution is 4.72. The van der Waals surface area contributed by atoms with Crippen molar-refractivity contribution in [3.63, 3.8) is 0 Å². The molecule has 1 nitrogen and oxygen atoms in total. The van der Waals surface area contributed by atoms with Gasteiger partial charge in [-0.3, -0.25) is 0 Å². The molecule has 1 rings (SSSR count). The molecule has 0 aromatic rings. The third kappa shape index (κ3) is 5.55. The van der Waals surface area contributed by atoms with E-state index in [2.05, 4.69) is 26.1 Å². The number of nitrogens with one attached hydrogen (secondary N) is 1. The molecule has 1 saturated carbocycles. The second-order valence-electron chi connectivity index (χ2n) is 5.58. The highest BCUT2D eigenvalue weighted by Gasteiger charge is 2.18. The van der Waals surface area contributed by atoms with Gasteiger partial charge in [-0.05, 0) is 44.6 Å². The largest absolute Gasteiger partial charge is 0.314 e. The Balaban J connectivity index is 2.08. The zero-order valence-electron chi connectivity index (χ0n) is 10.9. The van der Waals surface area contributed by atoms with E-state index < -0.39 is 0 Å². The van der Waals surface area contributed by atoms with Crippen LogP contribution >= 0.6 is 0 Å². The predicted molar refractivity (Wildman–Crippen MR) is 68.1 cm³/mol. The van der Waals surface area contributed by atoms with Crippen LogP contribution in [0.3, 0.4) is 0 Å². The molecule has 0 amide bonds. The second kappa shape index (κ2) is 7.27. The van der Waals surface area contributed by atoms with E-state index in [9.17, 15) is 0 Å². The average molecular weight is 211 g/mol. The lowest BCUT2D eigenvalue weighted by Gasteiger charge is -2.21. The fourth-order valence-electron chi connectivity index (χ4n) is 2.99. The van der Waals surface area contributed by atoms with Crippen LogP contribution in [0.15, 0.2) is 0 Å². The molecule has 1 aliphatic rings. The van der Waals surface area contributed by atoms with E-state index in [1.54, 1.807) is 0 Å². The lowest BCUT2D eigenvalue weighted by Crippen LogP contribution is -2.28. The zero-order valence-corrected chi connectivity index (χ0v) is 10.9. The molecule has 0 heterocycles. The SMILES string of the molecule is CCCNC(C)CC(C)CC1CCCC1. The summed E-state index contributed by atoms with van der Waals surface area (Å²) in [7, 11) is 0. The monoisotopic (exact) mass is 211 g/mol. The molecule has 1 heteroatoms. The van der Waals surface area contributed by atoms with Gasteiger partial charge in [0.2, 0.25) is 0 Å². The van der Waals surface area contributed by atoms with E-state index in [1.807, 2.05) is 0 Å². The Kier molecular flexibility index (Phi) is 6.31. The van der Waals surface area contributed by atoms with E-state index in [-0.39, 0.29) is 0 Å². The first kappa shape index (κ1) is 13.0. The molecule has 2 unspecified atom stereocenters. The van der Waals surface area contributed by atoms with Gasteiger partial charge < -0.3 is 5.32 Å². The van der Waals surface area contributed by atoms with E-state index in [1.165, 1.54) is 51.5 Å². The number of hydrogen-bond acceptors (Lipinski definition) is 1. The van der Waals surface area contributed by atoms with Crippen molar-refractivity contribution in [2.75, 3.05) is 6.54 Å². The van der Waals surface area contributed by atoms with Gasteiger partial charge in [0.1, 0.15) is 0 Å². The van der Waals surface area contributed by atoms with Crippen LogP contribution in [0.1, 0.15) is 65.7 Å². The van der Waals surface area contributed by atoms with E-state index >= 15 is 0 Å². The minimum atomic E-state index is 0.710. The molecule has 1 aliphatic carbocycles. The average Bonchev–Trinajstić information content (AvgIpc) is 2.67. The Bertz CT molecular complexity index is 149. The van der Waals surface area contributed by atoms with Gasteiger partial charge in [-0.25, -0.2) is 0 Å². The molecule has 0 aromatic heterocycles. The highest BCUT2D eigenvalue weighted by Crippen LogP contribution is 2.31. The Morgan fingerprint density at radius 1 is 1.20 bits per heavy atom. The maximum Gasteiger partial charge on any atom is 0.00412 e. The molecule has 15 heavy (non-hydrogen) atoms. The minimum absolute atomic E-state index is 0.710. The van der Waals surface area contributed by atoms with Gasteiger partial charge in [0, 0.05) is 6.04 Å². The summed E-state index contributed by atoms with van der Waals surface area (Å²) < 4.78 is 0. The van der Waals surface area contributed by atoms with Crippen LogP contribution in [0.4, 0.5) is 0 Å². The Hall–Kier alpha value is -0.0400. The molecular formula is C14H29N. The lowest BCUT2D eigenvalue weighted by atomic mass is 9.90. The molecule has 0 aromatic carbocycles. The van der Waals surface area contributed by atoms with E-state index in [0.29, 0.717) is 6.04 Å². The first-order chi connectivity index (χ1) is 7.22. The highest BCUT2D eigenvalue weighted by atomic mass is 14.9. The zero-order chi connectivity index (χ0) is 11.1. The van der Waals surface area contributed by atoms with Crippen molar-refractivity contribution in [3.8, 4) is 0 Å². The lowest BCUT2D eigenvalue weighted by molar-refractivity contribution is 0.342. The summed E-state index contributed by atoms with van der Waals surface area (Å²) in [6.07, 6.45) is 10.1. The fourth-order valence-corrected chi connectivity index (χ4v) is 2.99. The van der Waals surface area contributed by atoms with Gasteiger partial charge in [-0.15, -0.1) is 0 Å². The summed E-state index contributed by atoms with van der Waals surface area (Å²) in [6, 6.07) is 0.710. The normalized spacial score (nSPS) is 21.8. The Morgan fingerprint density at radius 3 is 2.47 bits per heavy atom. The molecule has 1 fully saturated rings. The Labute approximate surface area is 96.0 Å². The summed E-state index contributed by atoms with van der Waals surface area (Å²) in [6.45, 7) is 8.18. The second-order valence-corrected chi connectivity index (χ2v) is 5.58. The van der Waals surface area contributed by atoms with Crippen LogP contribution in [0, 0.1) is 11.8 Å². The summed E-state index contributed by atoms with van der Waals surface area (Å²) in [5.74, 6) is 1.96. The van der Waals surface area contributed by atoms with Gasteiger partial charge in [-0.1, -0.05) is 39.5 Å². The van der Waals surface area contributed by atoms with E-state index in [4.69, 9.17) is 0 Å². The molecule has 2 atom stereocenters. The summed E-state index contributed by atoms with van der Waals surface area (Å²) in [5, 5.41) is 3.59. The third-order valence-corrected chi connectivity index (χ3v) is 3.71. The van der Waals surface area contributed by atoms with Crippen molar-refractivity contribution in [2.45, 2.75) is 71.8 Å². The standard InChI is InChI=1S/C14H29N/c1-4-9-15-13(3)10-12(2)11-14-7-5-6-8-14/h12-15H,4-11H2,1-3H3. The summed E-state index contributed by atoms with van der Waals surface area (Å²) in [5.41, 5.74) is 0. The van der Waals surface area contributed by atoms with Crippen molar-refractivity contribution in [1.29, 1.82) is 0 Å². The number of rotatable bonds is 7. The van der Waals surface area contributed by atoms with Crippen LogP contribution in [0.25, 0.3) is 0 Å². The molecule has 0 aliphatic heterocycles. The first-order valence-corrected chi connectivity index (χ1v) is 6.95. The summed E-state index contributed by atoms with van der Waals surface area (Å²) >= 11 is 0. The first-order valence-electron chi connectivity index (χ1n) is 6.95. The predicted octanol–water partition coefficient (Wildman–Crippen LogP) is 3.98. The molecule has 90 valence electrons. The van der Waals surface area contributed by atoms with Gasteiger partial charge >= 0.3 is 0 Å². The smallest absolute Gasteiger partial charge is 0.00412 e. The van der Waals surface area contributed by atoms with Gasteiger partial charge in [0.05, 0.1) is 0 Å². The fraction of sp³-hybridized carbons (Fsp3) is 1.00. The summed E-state index contributed by atoms with van der Waals surface area (Å²) in [4.78, 5) is 0. The molecule has 0 radical (unpaired) electrons. The number of hydrogen-bond donors (Lipinski definition) is 1. The topological polar surface area (TPSA) is 12.0 Å². The maximum atomic E-state index is 3.59. The molecular weight excluding hydrogens is 182 g/mol. The Morgan fingerprint density at radius 2 is 1.87 bits per heavy atom. The van der Waals surface area contributed by atoms with Crippen LogP contribution in [-0.2, 0) is 0 Å². The van der Waals surface area contributed by atoms with Crippen LogP contribution in [0.2, 0.25) is 0 Å². The van der Waals surface area contributed by atoms with Crippen molar-refractivity contribution < 1.29 is 0 Å². The van der Waals surface area contributed by atoms with E-state index in [0.717, 1.165) is 11.8 Å². The van der Waals surface area contributed by atoms with Crippen molar-refractivity contribution in [2.24, 2.45) is 11.8 Å². The van der Waals surface area contributed by atoms with Crippen molar-refractivity contribution in [1.82, 2.24) is 5.32 Å². The van der Waals surface area contributed by atoms with Crippen LogP contribution in [-0.4, -0.2) is 12.6 Å². The molecule has 1 N–H and O–H groups in total. The van der Waals surface area contributed by atoms with Crippen molar-refractivity contribution in [3.05, 3.63) is 0 Å². The maximum absolute atomic E-state index is 3.59. The van der Waals surface area contributed by atoms with Gasteiger partial charge in [0.25, 0.3) is 0 Å². The van der Waals surface area contributed by atoms with Gasteiger partial charge in [0.15, 0.2) is 0 Å².